The van der Waals surface area contributed by atoms with E-state index in [1.165, 1.54) is 0 Å². The second kappa shape index (κ2) is 7.14. The number of anilines is 1. The van der Waals surface area contributed by atoms with Crippen molar-refractivity contribution in [2.24, 2.45) is 5.73 Å². The van der Waals surface area contributed by atoms with Gasteiger partial charge in [0.05, 0.1) is 11.6 Å². The average molecular weight is 239 g/mol. The van der Waals surface area contributed by atoms with Gasteiger partial charge in [-0.25, -0.2) is 4.98 Å². The molecule has 0 spiro atoms. The molecule has 0 unspecified atom stereocenters. The van der Waals surface area contributed by atoms with Gasteiger partial charge >= 0.3 is 0 Å². The Kier molecular flexibility index (Phi) is 5.74. The maximum absolute atomic E-state index is 5.50. The second-order valence-electron chi connectivity index (χ2n) is 3.38. The molecular weight excluding hydrogens is 222 g/mol. The van der Waals surface area contributed by atoms with E-state index in [4.69, 9.17) is 22.7 Å². The predicted octanol–water partition coefficient (Wildman–Crippen LogP) is 1.21. The quantitative estimate of drug-likeness (QED) is 0.725. The second-order valence-corrected chi connectivity index (χ2v) is 3.91. The van der Waals surface area contributed by atoms with Gasteiger partial charge < -0.3 is 15.4 Å². The first-order chi connectivity index (χ1) is 7.74. The molecule has 5 heteroatoms. The summed E-state index contributed by atoms with van der Waals surface area (Å²) in [4.78, 5) is 6.94. The first-order valence-electron chi connectivity index (χ1n) is 5.17. The fraction of sp³-hybridized carbons (Fsp3) is 0.455. The SMILES string of the molecule is COCCN(CCC(N)=S)c1ccccn1. The lowest BCUT2D eigenvalue weighted by atomic mass is 10.3. The molecule has 1 rings (SSSR count). The minimum Gasteiger partial charge on any atom is -0.393 e. The van der Waals surface area contributed by atoms with Crippen LogP contribution in [0.3, 0.4) is 0 Å². The summed E-state index contributed by atoms with van der Waals surface area (Å²) in [6.45, 7) is 2.22. The van der Waals surface area contributed by atoms with Gasteiger partial charge in [0.25, 0.3) is 0 Å². The number of pyridine rings is 1. The molecule has 0 aliphatic rings. The highest BCUT2D eigenvalue weighted by molar-refractivity contribution is 7.80. The average Bonchev–Trinajstić information content (AvgIpc) is 2.30. The van der Waals surface area contributed by atoms with Crippen LogP contribution in [-0.2, 0) is 4.74 Å². The number of ether oxygens (including phenoxy) is 1. The van der Waals surface area contributed by atoms with E-state index >= 15 is 0 Å². The van der Waals surface area contributed by atoms with Crippen LogP contribution in [0.2, 0.25) is 0 Å². The molecule has 88 valence electrons. The van der Waals surface area contributed by atoms with E-state index in [0.717, 1.165) is 18.9 Å². The van der Waals surface area contributed by atoms with Crippen LogP contribution in [0.15, 0.2) is 24.4 Å². The van der Waals surface area contributed by atoms with Crippen molar-refractivity contribution in [1.29, 1.82) is 0 Å². The molecule has 1 heterocycles. The Bertz CT molecular complexity index is 318. The van der Waals surface area contributed by atoms with Gasteiger partial charge in [0.15, 0.2) is 0 Å². The molecule has 1 aromatic heterocycles. The highest BCUT2D eigenvalue weighted by atomic mass is 32.1. The zero-order valence-electron chi connectivity index (χ0n) is 9.43. The zero-order valence-corrected chi connectivity index (χ0v) is 10.2. The van der Waals surface area contributed by atoms with Gasteiger partial charge in [-0.2, -0.15) is 0 Å². The molecule has 0 radical (unpaired) electrons. The Morgan fingerprint density at radius 3 is 2.88 bits per heavy atom. The Balaban J connectivity index is 2.59. The summed E-state index contributed by atoms with van der Waals surface area (Å²) in [6, 6.07) is 5.82. The number of thiocarbonyl (C=S) groups is 1. The summed E-state index contributed by atoms with van der Waals surface area (Å²) < 4.78 is 5.07. The van der Waals surface area contributed by atoms with Crippen molar-refractivity contribution in [1.82, 2.24) is 4.98 Å². The Morgan fingerprint density at radius 1 is 1.50 bits per heavy atom. The Labute approximate surface area is 101 Å². The minimum atomic E-state index is 0.526. The van der Waals surface area contributed by atoms with Crippen LogP contribution in [0.25, 0.3) is 0 Å². The third-order valence-corrected chi connectivity index (χ3v) is 2.37. The molecule has 0 aliphatic carbocycles. The van der Waals surface area contributed by atoms with E-state index in [1.54, 1.807) is 13.3 Å². The largest absolute Gasteiger partial charge is 0.393 e. The fourth-order valence-corrected chi connectivity index (χ4v) is 1.42. The molecule has 0 fully saturated rings. The molecule has 0 aromatic carbocycles. The molecule has 0 aliphatic heterocycles. The van der Waals surface area contributed by atoms with Crippen LogP contribution in [-0.4, -0.2) is 36.8 Å². The van der Waals surface area contributed by atoms with Crippen LogP contribution >= 0.6 is 12.2 Å². The van der Waals surface area contributed by atoms with Crippen LogP contribution in [0.1, 0.15) is 6.42 Å². The van der Waals surface area contributed by atoms with Gasteiger partial charge in [-0.1, -0.05) is 18.3 Å². The van der Waals surface area contributed by atoms with Gasteiger partial charge in [0.2, 0.25) is 0 Å². The molecule has 16 heavy (non-hydrogen) atoms. The molecule has 0 saturated carbocycles. The lowest BCUT2D eigenvalue weighted by molar-refractivity contribution is 0.205. The van der Waals surface area contributed by atoms with Gasteiger partial charge in [-0.3, -0.25) is 0 Å². The summed E-state index contributed by atoms with van der Waals surface area (Å²) in [7, 11) is 1.68. The summed E-state index contributed by atoms with van der Waals surface area (Å²) >= 11 is 4.88. The molecule has 0 bridgehead atoms. The lowest BCUT2D eigenvalue weighted by Crippen LogP contribution is -2.31. The van der Waals surface area contributed by atoms with Crippen molar-refractivity contribution in [3.63, 3.8) is 0 Å². The van der Waals surface area contributed by atoms with Crippen LogP contribution in [0.4, 0.5) is 5.82 Å². The van der Waals surface area contributed by atoms with Gasteiger partial charge in [-0.05, 0) is 12.1 Å². The summed E-state index contributed by atoms with van der Waals surface area (Å²) in [5, 5.41) is 0. The summed E-state index contributed by atoms with van der Waals surface area (Å²) in [5.74, 6) is 0.927. The molecule has 4 nitrogen and oxygen atoms in total. The van der Waals surface area contributed by atoms with Crippen molar-refractivity contribution >= 4 is 23.0 Å². The van der Waals surface area contributed by atoms with E-state index in [1.807, 2.05) is 18.2 Å². The van der Waals surface area contributed by atoms with E-state index in [-0.39, 0.29) is 0 Å². The lowest BCUT2D eigenvalue weighted by Gasteiger charge is -2.22. The number of hydrogen-bond donors (Lipinski definition) is 1. The first-order valence-corrected chi connectivity index (χ1v) is 5.58. The molecule has 0 atom stereocenters. The predicted molar refractivity (Wildman–Crippen MR) is 69.7 cm³/mol. The van der Waals surface area contributed by atoms with Gasteiger partial charge in [0, 0.05) is 32.8 Å². The smallest absolute Gasteiger partial charge is 0.128 e. The van der Waals surface area contributed by atoms with Crippen molar-refractivity contribution in [3.8, 4) is 0 Å². The third-order valence-electron chi connectivity index (χ3n) is 2.17. The number of methoxy groups -OCH3 is 1. The van der Waals surface area contributed by atoms with Crippen LogP contribution in [0, 0.1) is 0 Å². The van der Waals surface area contributed by atoms with Gasteiger partial charge in [-0.15, -0.1) is 0 Å². The number of hydrogen-bond acceptors (Lipinski definition) is 4. The molecular formula is C11H17N3OS. The number of nitrogens with two attached hydrogens (primary N) is 1. The Morgan fingerprint density at radius 2 is 2.31 bits per heavy atom. The molecule has 2 N–H and O–H groups in total. The maximum Gasteiger partial charge on any atom is 0.128 e. The van der Waals surface area contributed by atoms with Crippen LogP contribution < -0.4 is 10.6 Å². The first kappa shape index (κ1) is 12.9. The van der Waals surface area contributed by atoms with Crippen molar-refractivity contribution in [2.75, 3.05) is 31.7 Å². The standard InChI is InChI=1S/C11H17N3OS/c1-15-9-8-14(7-5-10(12)16)11-4-2-3-6-13-11/h2-4,6H,5,7-9H2,1H3,(H2,12,16). The highest BCUT2D eigenvalue weighted by Gasteiger charge is 2.07. The topological polar surface area (TPSA) is 51.4 Å². The summed E-state index contributed by atoms with van der Waals surface area (Å²) in [5.41, 5.74) is 5.50. The van der Waals surface area contributed by atoms with Crippen molar-refractivity contribution in [3.05, 3.63) is 24.4 Å². The fourth-order valence-electron chi connectivity index (χ4n) is 1.33. The van der Waals surface area contributed by atoms with Gasteiger partial charge in [0.1, 0.15) is 5.82 Å². The molecule has 1 aromatic rings. The van der Waals surface area contributed by atoms with E-state index in [2.05, 4.69) is 9.88 Å². The van der Waals surface area contributed by atoms with E-state index < -0.39 is 0 Å². The maximum atomic E-state index is 5.50. The van der Waals surface area contributed by atoms with E-state index in [0.29, 0.717) is 18.0 Å². The normalized spacial score (nSPS) is 10.1. The number of nitrogens with zero attached hydrogens (tertiary/aromatic N) is 2. The zero-order chi connectivity index (χ0) is 11.8. The van der Waals surface area contributed by atoms with Crippen molar-refractivity contribution in [2.45, 2.75) is 6.42 Å². The van der Waals surface area contributed by atoms with E-state index in [9.17, 15) is 0 Å². The summed E-state index contributed by atoms with van der Waals surface area (Å²) in [6.07, 6.45) is 2.46. The van der Waals surface area contributed by atoms with Crippen molar-refractivity contribution < 1.29 is 4.74 Å². The highest BCUT2D eigenvalue weighted by Crippen LogP contribution is 2.09. The monoisotopic (exact) mass is 239 g/mol. The molecule has 0 amide bonds. The third kappa shape index (κ3) is 4.55. The minimum absolute atomic E-state index is 0.526. The van der Waals surface area contributed by atoms with Crippen LogP contribution in [0.5, 0.6) is 0 Å². The Hall–Kier alpha value is -1.20. The number of aromatic nitrogens is 1. The molecule has 0 saturated heterocycles. The number of rotatable bonds is 7.